The van der Waals surface area contributed by atoms with Gasteiger partial charge >= 0.3 is 0 Å². The first-order valence-electron chi connectivity index (χ1n) is 9.30. The van der Waals surface area contributed by atoms with Crippen molar-refractivity contribution >= 4 is 38.8 Å². The van der Waals surface area contributed by atoms with Crippen LogP contribution in [0.4, 0.5) is 0 Å². The van der Waals surface area contributed by atoms with Crippen LogP contribution in [0.1, 0.15) is 27.3 Å². The number of rotatable bonds is 4. The second kappa shape index (κ2) is 8.05. The van der Waals surface area contributed by atoms with E-state index in [0.717, 1.165) is 37.9 Å². The van der Waals surface area contributed by atoms with Crippen LogP contribution >= 0.6 is 15.9 Å². The smallest absolute Gasteiger partial charge is 0.271 e. The van der Waals surface area contributed by atoms with Gasteiger partial charge in [-0.15, -0.1) is 0 Å². The molecular formula is C24H20BrN3O. The maximum Gasteiger partial charge on any atom is 0.271 e. The molecule has 4 rings (SSSR count). The Bertz CT molecular complexity index is 1220. The van der Waals surface area contributed by atoms with Crippen LogP contribution in [0, 0.1) is 13.8 Å². The molecule has 0 aliphatic rings. The van der Waals surface area contributed by atoms with Gasteiger partial charge in [-0.25, -0.2) is 5.43 Å². The number of benzene rings is 3. The van der Waals surface area contributed by atoms with Crippen LogP contribution in [0.3, 0.4) is 0 Å². The Hall–Kier alpha value is -3.18. The number of nitrogens with zero attached hydrogens (tertiary/aromatic N) is 2. The third-order valence-corrected chi connectivity index (χ3v) is 5.47. The van der Waals surface area contributed by atoms with Crippen LogP contribution in [0.5, 0.6) is 0 Å². The number of halogens is 1. The highest BCUT2D eigenvalue weighted by molar-refractivity contribution is 9.10. The third-order valence-electron chi connectivity index (χ3n) is 4.94. The summed E-state index contributed by atoms with van der Waals surface area (Å²) in [7, 11) is 0. The molecule has 0 spiro atoms. The normalized spacial score (nSPS) is 11.3. The number of carbonyl (C=O) groups excluding carboxylic acids is 1. The van der Waals surface area contributed by atoms with Crippen LogP contribution < -0.4 is 5.43 Å². The Morgan fingerprint density at radius 2 is 1.69 bits per heavy atom. The lowest BCUT2D eigenvalue weighted by Crippen LogP contribution is -2.17. The van der Waals surface area contributed by atoms with E-state index < -0.39 is 0 Å². The molecule has 0 atom stereocenters. The van der Waals surface area contributed by atoms with Crippen molar-refractivity contribution in [2.75, 3.05) is 0 Å². The van der Waals surface area contributed by atoms with Gasteiger partial charge in [0.15, 0.2) is 0 Å². The third kappa shape index (κ3) is 4.00. The fraction of sp³-hybridized carbons (Fsp3) is 0.0833. The molecule has 0 saturated carbocycles. The molecule has 1 amide bonds. The minimum absolute atomic E-state index is 0.228. The molecular weight excluding hydrogens is 426 g/mol. The van der Waals surface area contributed by atoms with E-state index in [4.69, 9.17) is 0 Å². The van der Waals surface area contributed by atoms with E-state index in [9.17, 15) is 4.79 Å². The first-order chi connectivity index (χ1) is 14.0. The Kier molecular flexibility index (Phi) is 5.32. The van der Waals surface area contributed by atoms with Crippen molar-refractivity contribution in [3.05, 3.63) is 99.8 Å². The van der Waals surface area contributed by atoms with Crippen LogP contribution in [0.25, 0.3) is 16.5 Å². The molecule has 0 radical (unpaired) electrons. The van der Waals surface area contributed by atoms with Gasteiger partial charge in [0.2, 0.25) is 0 Å². The molecule has 0 saturated heterocycles. The minimum Gasteiger partial charge on any atom is -0.318 e. The van der Waals surface area contributed by atoms with E-state index >= 15 is 0 Å². The highest BCUT2D eigenvalue weighted by Crippen LogP contribution is 2.21. The summed E-state index contributed by atoms with van der Waals surface area (Å²) in [6, 6.07) is 23.8. The van der Waals surface area contributed by atoms with Gasteiger partial charge in [0.25, 0.3) is 5.91 Å². The molecule has 4 nitrogen and oxygen atoms in total. The van der Waals surface area contributed by atoms with E-state index in [1.54, 1.807) is 6.21 Å². The molecule has 4 aromatic rings. The zero-order valence-electron chi connectivity index (χ0n) is 16.2. The van der Waals surface area contributed by atoms with Crippen LogP contribution in [-0.4, -0.2) is 16.7 Å². The minimum atomic E-state index is -0.228. The Morgan fingerprint density at radius 1 is 0.966 bits per heavy atom. The number of nitrogens with one attached hydrogen (secondary N) is 1. The standard InChI is InChI=1S/C24H20BrN3O/c1-16-13-21(17(2)28(16)23-11-9-22(25)10-12-23)15-26-27-24(29)20-8-7-18-5-3-4-6-19(18)14-20/h3-15H,1-2H3,(H,27,29)/b26-15+. The molecule has 3 aromatic carbocycles. The predicted molar refractivity (Wildman–Crippen MR) is 122 cm³/mol. The summed E-state index contributed by atoms with van der Waals surface area (Å²) in [5.74, 6) is -0.228. The van der Waals surface area contributed by atoms with Crippen molar-refractivity contribution < 1.29 is 4.79 Å². The van der Waals surface area contributed by atoms with Gasteiger partial charge in [0, 0.05) is 32.7 Å². The maximum atomic E-state index is 12.5. The number of amides is 1. The number of hydrogen-bond donors (Lipinski definition) is 1. The molecule has 5 heteroatoms. The molecule has 29 heavy (non-hydrogen) atoms. The summed E-state index contributed by atoms with van der Waals surface area (Å²) in [5.41, 5.74) is 7.43. The van der Waals surface area contributed by atoms with E-state index in [-0.39, 0.29) is 5.91 Å². The number of aromatic nitrogens is 1. The van der Waals surface area contributed by atoms with Gasteiger partial charge in [-0.1, -0.05) is 46.3 Å². The lowest BCUT2D eigenvalue weighted by Gasteiger charge is -2.09. The topological polar surface area (TPSA) is 46.4 Å². The van der Waals surface area contributed by atoms with Gasteiger partial charge in [-0.3, -0.25) is 4.79 Å². The number of aryl methyl sites for hydroxylation is 1. The van der Waals surface area contributed by atoms with Gasteiger partial charge < -0.3 is 4.57 Å². The fourth-order valence-electron chi connectivity index (χ4n) is 3.46. The summed E-state index contributed by atoms with van der Waals surface area (Å²) in [6.07, 6.45) is 1.69. The largest absolute Gasteiger partial charge is 0.318 e. The lowest BCUT2D eigenvalue weighted by atomic mass is 10.1. The number of fused-ring (bicyclic) bond motifs is 1. The fourth-order valence-corrected chi connectivity index (χ4v) is 3.73. The zero-order chi connectivity index (χ0) is 20.4. The summed E-state index contributed by atoms with van der Waals surface area (Å²) in [4.78, 5) is 12.5. The Labute approximate surface area is 178 Å². The van der Waals surface area contributed by atoms with Crippen molar-refractivity contribution in [2.45, 2.75) is 13.8 Å². The number of hydrogen-bond acceptors (Lipinski definition) is 2. The van der Waals surface area contributed by atoms with Crippen molar-refractivity contribution in [1.29, 1.82) is 0 Å². The first-order valence-corrected chi connectivity index (χ1v) is 10.1. The summed E-state index contributed by atoms with van der Waals surface area (Å²) in [5, 5.41) is 6.31. The maximum absolute atomic E-state index is 12.5. The number of hydrazone groups is 1. The molecule has 0 bridgehead atoms. The lowest BCUT2D eigenvalue weighted by molar-refractivity contribution is 0.0955. The van der Waals surface area contributed by atoms with E-state index in [1.807, 2.05) is 61.5 Å². The molecule has 0 aliphatic heterocycles. The summed E-state index contributed by atoms with van der Waals surface area (Å²) < 4.78 is 3.21. The molecule has 144 valence electrons. The molecule has 1 heterocycles. The second-order valence-corrected chi connectivity index (χ2v) is 7.82. The van der Waals surface area contributed by atoms with E-state index in [0.29, 0.717) is 5.56 Å². The molecule has 1 N–H and O–H groups in total. The Balaban J connectivity index is 1.52. The average molecular weight is 446 g/mol. The number of carbonyl (C=O) groups is 1. The van der Waals surface area contributed by atoms with Crippen molar-refractivity contribution in [3.8, 4) is 5.69 Å². The highest BCUT2D eigenvalue weighted by Gasteiger charge is 2.10. The van der Waals surface area contributed by atoms with Crippen molar-refractivity contribution in [3.63, 3.8) is 0 Å². The average Bonchev–Trinajstić information content (AvgIpc) is 3.01. The van der Waals surface area contributed by atoms with Gasteiger partial charge in [-0.05, 0) is 67.1 Å². The predicted octanol–water partition coefficient (Wildman–Crippen LogP) is 5.77. The second-order valence-electron chi connectivity index (χ2n) is 6.90. The van der Waals surface area contributed by atoms with Crippen LogP contribution in [0.2, 0.25) is 0 Å². The Morgan fingerprint density at radius 3 is 2.45 bits per heavy atom. The monoisotopic (exact) mass is 445 g/mol. The van der Waals surface area contributed by atoms with Gasteiger partial charge in [0.1, 0.15) is 0 Å². The van der Waals surface area contributed by atoms with E-state index in [2.05, 4.69) is 56.1 Å². The van der Waals surface area contributed by atoms with Crippen molar-refractivity contribution in [2.24, 2.45) is 5.10 Å². The van der Waals surface area contributed by atoms with Crippen LogP contribution in [0.15, 0.2) is 82.4 Å². The van der Waals surface area contributed by atoms with Crippen molar-refractivity contribution in [1.82, 2.24) is 9.99 Å². The van der Waals surface area contributed by atoms with Gasteiger partial charge in [0.05, 0.1) is 6.21 Å². The summed E-state index contributed by atoms with van der Waals surface area (Å²) >= 11 is 3.47. The molecule has 0 aliphatic carbocycles. The first kappa shape index (κ1) is 19.2. The highest BCUT2D eigenvalue weighted by atomic mass is 79.9. The summed E-state index contributed by atoms with van der Waals surface area (Å²) in [6.45, 7) is 4.10. The zero-order valence-corrected chi connectivity index (χ0v) is 17.8. The molecule has 1 aromatic heterocycles. The van der Waals surface area contributed by atoms with Gasteiger partial charge in [-0.2, -0.15) is 5.10 Å². The van der Waals surface area contributed by atoms with Crippen LogP contribution in [-0.2, 0) is 0 Å². The SMILES string of the molecule is Cc1cc(/C=N/NC(=O)c2ccc3ccccc3c2)c(C)n1-c1ccc(Br)cc1. The molecule has 0 unspecified atom stereocenters. The molecule has 0 fully saturated rings. The van der Waals surface area contributed by atoms with E-state index in [1.165, 1.54) is 0 Å². The quantitative estimate of drug-likeness (QED) is 0.314.